The quantitative estimate of drug-likeness (QED) is 0.812. The topological polar surface area (TPSA) is 38.3 Å². The molecule has 0 saturated carbocycles. The highest BCUT2D eigenvalue weighted by atomic mass is 79.9. The molecule has 0 amide bonds. The van der Waals surface area contributed by atoms with Crippen LogP contribution in [0, 0.1) is 6.92 Å². The lowest BCUT2D eigenvalue weighted by atomic mass is 10.2. The molecule has 70 valence electrons. The van der Waals surface area contributed by atoms with Gasteiger partial charge in [0.05, 0.1) is 5.69 Å². The van der Waals surface area contributed by atoms with Gasteiger partial charge in [-0.1, -0.05) is 22.0 Å². The number of carbonyl (C=O) groups excluding carboxylic acids is 1. The van der Waals surface area contributed by atoms with Crippen molar-refractivity contribution in [2.75, 3.05) is 5.48 Å². The van der Waals surface area contributed by atoms with Gasteiger partial charge in [-0.25, -0.2) is 5.48 Å². The average Bonchev–Trinajstić information content (AvgIpc) is 2.06. The predicted octanol–water partition coefficient (Wildman–Crippen LogP) is 2.65. The van der Waals surface area contributed by atoms with E-state index in [1.54, 1.807) is 0 Å². The maximum Gasteiger partial charge on any atom is 0.329 e. The summed E-state index contributed by atoms with van der Waals surface area (Å²) in [5.41, 5.74) is 4.37. The summed E-state index contributed by atoms with van der Waals surface area (Å²) in [6.45, 7) is 3.28. The van der Waals surface area contributed by atoms with Crippen LogP contribution in [-0.2, 0) is 9.63 Å². The lowest BCUT2D eigenvalue weighted by molar-refractivity contribution is -0.138. The van der Waals surface area contributed by atoms with Gasteiger partial charge in [0, 0.05) is 11.4 Å². The Morgan fingerprint density at radius 3 is 2.85 bits per heavy atom. The van der Waals surface area contributed by atoms with E-state index in [2.05, 4.69) is 26.2 Å². The van der Waals surface area contributed by atoms with Crippen molar-refractivity contribution in [1.82, 2.24) is 0 Å². The molecular formula is C9H10BrNO2. The molecule has 4 heteroatoms. The summed E-state index contributed by atoms with van der Waals surface area (Å²) >= 11 is 3.32. The second-order valence-corrected chi connectivity index (χ2v) is 3.57. The fraction of sp³-hybridized carbons (Fsp3) is 0.222. The van der Waals surface area contributed by atoms with Gasteiger partial charge in [0.25, 0.3) is 0 Å². The second kappa shape index (κ2) is 4.28. The van der Waals surface area contributed by atoms with Gasteiger partial charge in [0.15, 0.2) is 0 Å². The van der Waals surface area contributed by atoms with Crippen LogP contribution in [0.5, 0.6) is 0 Å². The van der Waals surface area contributed by atoms with Crippen molar-refractivity contribution < 1.29 is 9.63 Å². The molecular weight excluding hydrogens is 234 g/mol. The van der Waals surface area contributed by atoms with Gasteiger partial charge in [-0.2, -0.15) is 0 Å². The second-order valence-electron chi connectivity index (χ2n) is 2.65. The van der Waals surface area contributed by atoms with Crippen LogP contribution in [0.2, 0.25) is 0 Å². The van der Waals surface area contributed by atoms with Crippen LogP contribution in [-0.4, -0.2) is 5.97 Å². The van der Waals surface area contributed by atoms with Crippen LogP contribution >= 0.6 is 15.9 Å². The predicted molar refractivity (Wildman–Crippen MR) is 54.3 cm³/mol. The first-order chi connectivity index (χ1) is 6.09. The Morgan fingerprint density at radius 2 is 2.23 bits per heavy atom. The Hall–Kier alpha value is -1.03. The molecule has 0 unspecified atom stereocenters. The minimum Gasteiger partial charge on any atom is -0.344 e. The first kappa shape index (κ1) is 10.1. The minimum atomic E-state index is -0.362. The van der Waals surface area contributed by atoms with Crippen LogP contribution in [0.4, 0.5) is 5.69 Å². The van der Waals surface area contributed by atoms with Gasteiger partial charge < -0.3 is 4.84 Å². The summed E-state index contributed by atoms with van der Waals surface area (Å²) in [5.74, 6) is -0.362. The van der Waals surface area contributed by atoms with Crippen molar-refractivity contribution in [2.24, 2.45) is 0 Å². The van der Waals surface area contributed by atoms with E-state index in [0.29, 0.717) is 0 Å². The molecule has 0 atom stereocenters. The summed E-state index contributed by atoms with van der Waals surface area (Å²) in [5, 5.41) is 0. The third-order valence-electron chi connectivity index (χ3n) is 1.50. The lowest BCUT2D eigenvalue weighted by Gasteiger charge is -2.07. The molecule has 0 radical (unpaired) electrons. The molecule has 0 heterocycles. The standard InChI is InChI=1S/C9H10BrNO2/c1-6-3-4-8(10)5-9(6)11-13-7(2)12/h3-5,11H,1-2H3. The van der Waals surface area contributed by atoms with Crippen LogP contribution in [0.25, 0.3) is 0 Å². The molecule has 0 spiro atoms. The fourth-order valence-corrected chi connectivity index (χ4v) is 1.19. The van der Waals surface area contributed by atoms with Crippen LogP contribution in [0.1, 0.15) is 12.5 Å². The number of rotatable bonds is 2. The number of benzene rings is 1. The highest BCUT2D eigenvalue weighted by Gasteiger charge is 1.99. The molecule has 0 aliphatic carbocycles. The third kappa shape index (κ3) is 3.06. The normalized spacial score (nSPS) is 9.46. The molecule has 13 heavy (non-hydrogen) atoms. The van der Waals surface area contributed by atoms with E-state index in [9.17, 15) is 4.79 Å². The number of hydrogen-bond donors (Lipinski definition) is 1. The number of hydrogen-bond acceptors (Lipinski definition) is 3. The third-order valence-corrected chi connectivity index (χ3v) is 2.00. The van der Waals surface area contributed by atoms with Gasteiger partial charge in [-0.05, 0) is 24.6 Å². The molecule has 0 bridgehead atoms. The van der Waals surface area contributed by atoms with Gasteiger partial charge in [-0.15, -0.1) is 0 Å². The van der Waals surface area contributed by atoms with Gasteiger partial charge >= 0.3 is 5.97 Å². The zero-order valence-corrected chi connectivity index (χ0v) is 9.01. The largest absolute Gasteiger partial charge is 0.344 e. The smallest absolute Gasteiger partial charge is 0.329 e. The van der Waals surface area contributed by atoms with Crippen molar-refractivity contribution >= 4 is 27.6 Å². The minimum absolute atomic E-state index is 0.362. The summed E-state index contributed by atoms with van der Waals surface area (Å²) in [7, 11) is 0. The molecule has 1 rings (SSSR count). The van der Waals surface area contributed by atoms with Crippen LogP contribution in [0.15, 0.2) is 22.7 Å². The molecule has 0 aliphatic rings. The van der Waals surface area contributed by atoms with Crippen molar-refractivity contribution in [2.45, 2.75) is 13.8 Å². The number of nitrogens with one attached hydrogen (secondary N) is 1. The molecule has 1 N–H and O–H groups in total. The Kier molecular flexibility index (Phi) is 3.31. The fourth-order valence-electron chi connectivity index (χ4n) is 0.831. The number of anilines is 1. The number of aryl methyl sites for hydroxylation is 1. The Morgan fingerprint density at radius 1 is 1.54 bits per heavy atom. The van der Waals surface area contributed by atoms with Crippen molar-refractivity contribution in [1.29, 1.82) is 0 Å². The molecule has 0 fully saturated rings. The summed E-state index contributed by atoms with van der Waals surface area (Å²) < 4.78 is 0.938. The zero-order valence-electron chi connectivity index (χ0n) is 7.43. The zero-order chi connectivity index (χ0) is 9.84. The maximum atomic E-state index is 10.5. The molecule has 0 aliphatic heterocycles. The summed E-state index contributed by atoms with van der Waals surface area (Å²) in [6.07, 6.45) is 0. The Bertz CT molecular complexity index is 325. The average molecular weight is 244 g/mol. The SMILES string of the molecule is CC(=O)ONc1cc(Br)ccc1C. The lowest BCUT2D eigenvalue weighted by Crippen LogP contribution is -2.07. The van der Waals surface area contributed by atoms with Crippen molar-refractivity contribution in [3.8, 4) is 0 Å². The molecule has 3 nitrogen and oxygen atoms in total. The first-order valence-corrected chi connectivity index (χ1v) is 4.58. The molecule has 0 aromatic heterocycles. The highest BCUT2D eigenvalue weighted by Crippen LogP contribution is 2.20. The summed E-state index contributed by atoms with van der Waals surface area (Å²) in [6, 6.07) is 5.70. The van der Waals surface area contributed by atoms with Crippen molar-refractivity contribution in [3.63, 3.8) is 0 Å². The van der Waals surface area contributed by atoms with Crippen molar-refractivity contribution in [3.05, 3.63) is 28.2 Å². The van der Waals surface area contributed by atoms with E-state index in [4.69, 9.17) is 0 Å². The van der Waals surface area contributed by atoms with Gasteiger partial charge in [0.2, 0.25) is 0 Å². The molecule has 1 aromatic rings. The van der Waals surface area contributed by atoms with E-state index in [0.717, 1.165) is 15.7 Å². The molecule has 0 saturated heterocycles. The van der Waals surface area contributed by atoms with Gasteiger partial charge in [0.1, 0.15) is 0 Å². The van der Waals surface area contributed by atoms with E-state index in [-0.39, 0.29) is 5.97 Å². The van der Waals surface area contributed by atoms with E-state index in [1.165, 1.54) is 6.92 Å². The number of halogens is 1. The van der Waals surface area contributed by atoms with Crippen LogP contribution in [0.3, 0.4) is 0 Å². The van der Waals surface area contributed by atoms with E-state index in [1.807, 2.05) is 25.1 Å². The monoisotopic (exact) mass is 243 g/mol. The molecule has 1 aromatic carbocycles. The Balaban J connectivity index is 2.75. The van der Waals surface area contributed by atoms with Gasteiger partial charge in [-0.3, -0.25) is 4.79 Å². The van der Waals surface area contributed by atoms with E-state index >= 15 is 0 Å². The Labute approximate surface area is 85.2 Å². The maximum absolute atomic E-state index is 10.5. The summed E-state index contributed by atoms with van der Waals surface area (Å²) in [4.78, 5) is 15.2. The first-order valence-electron chi connectivity index (χ1n) is 3.79. The van der Waals surface area contributed by atoms with Crippen LogP contribution < -0.4 is 5.48 Å². The highest BCUT2D eigenvalue weighted by molar-refractivity contribution is 9.10. The van der Waals surface area contributed by atoms with E-state index < -0.39 is 0 Å². The number of carbonyl (C=O) groups is 1.